The first kappa shape index (κ1) is 20.1. The normalized spacial score (nSPS) is 10.4. The number of amides is 1. The lowest BCUT2D eigenvalue weighted by Crippen LogP contribution is -2.34. The van der Waals surface area contributed by atoms with Crippen LogP contribution in [0.5, 0.6) is 0 Å². The molecule has 0 saturated carbocycles. The molecule has 10 nitrogen and oxygen atoms in total. The molecule has 0 saturated heterocycles. The number of carboxylic acids is 1. The number of ketones is 1. The molecule has 1 amide bonds. The highest BCUT2D eigenvalue weighted by atomic mass is 32.2. The molecule has 11 heteroatoms. The molecule has 1 aromatic heterocycles. The van der Waals surface area contributed by atoms with E-state index in [1.54, 1.807) is 24.3 Å². The Balaban J connectivity index is 1.98. The van der Waals surface area contributed by atoms with Gasteiger partial charge in [-0.05, 0) is 31.2 Å². The van der Waals surface area contributed by atoms with Crippen LogP contribution < -0.4 is 16.8 Å². The molecule has 0 aliphatic heterocycles. The maximum atomic E-state index is 12.0. The van der Waals surface area contributed by atoms with E-state index < -0.39 is 11.7 Å². The second-order valence-electron chi connectivity index (χ2n) is 5.44. The fourth-order valence-corrected chi connectivity index (χ4v) is 2.66. The van der Waals surface area contributed by atoms with E-state index in [2.05, 4.69) is 15.3 Å². The molecule has 0 aliphatic carbocycles. The fourth-order valence-electron chi connectivity index (χ4n) is 2.01. The number of benzene rings is 1. The highest BCUT2D eigenvalue weighted by molar-refractivity contribution is 7.99. The Kier molecular flexibility index (Phi) is 6.66. The number of rotatable bonds is 8. The summed E-state index contributed by atoms with van der Waals surface area (Å²) in [4.78, 5) is 53.3. The van der Waals surface area contributed by atoms with E-state index in [9.17, 15) is 19.2 Å². The third-order valence-corrected chi connectivity index (χ3v) is 4.22. The molecule has 0 unspecified atom stereocenters. The number of hydrogen-bond donors (Lipinski definition) is 3. The number of thioether (sulfide) groups is 1. The number of nitrogen functional groups attached to an aromatic ring is 1. The molecule has 0 aliphatic rings. The number of nitrogens with zero attached hydrogens (tertiary/aromatic N) is 3. The van der Waals surface area contributed by atoms with Gasteiger partial charge in [0.2, 0.25) is 5.91 Å². The van der Waals surface area contributed by atoms with Crippen LogP contribution in [-0.4, -0.2) is 43.2 Å². The summed E-state index contributed by atoms with van der Waals surface area (Å²) in [6.07, 6.45) is -0.277. The van der Waals surface area contributed by atoms with Gasteiger partial charge in [0.1, 0.15) is 5.82 Å². The molecule has 0 bridgehead atoms. The first-order chi connectivity index (χ1) is 12.8. The lowest BCUT2D eigenvalue weighted by Gasteiger charge is -2.08. The Morgan fingerprint density at radius 2 is 1.89 bits per heavy atom. The summed E-state index contributed by atoms with van der Waals surface area (Å²) in [5, 5.41) is 11.4. The van der Waals surface area contributed by atoms with Gasteiger partial charge in [0.15, 0.2) is 10.9 Å². The number of carboxylic acid groups (broad SMARTS) is 1. The molecule has 0 fully saturated rings. The Morgan fingerprint density at radius 3 is 2.48 bits per heavy atom. The van der Waals surface area contributed by atoms with Crippen LogP contribution >= 0.6 is 11.8 Å². The van der Waals surface area contributed by atoms with Crippen LogP contribution in [0.15, 0.2) is 34.2 Å². The number of nitrogens with one attached hydrogen (secondary N) is 1. The maximum Gasteiger partial charge on any atom is 0.370 e. The quantitative estimate of drug-likeness (QED) is 0.327. The van der Waals surface area contributed by atoms with Gasteiger partial charge in [-0.3, -0.25) is 14.4 Å². The topological polar surface area (TPSA) is 157 Å². The highest BCUT2D eigenvalue weighted by Gasteiger charge is 2.12. The van der Waals surface area contributed by atoms with Crippen molar-refractivity contribution >= 4 is 35.1 Å². The van der Waals surface area contributed by atoms with Crippen molar-refractivity contribution in [1.29, 1.82) is 0 Å². The van der Waals surface area contributed by atoms with E-state index in [-0.39, 0.29) is 41.3 Å². The smallest absolute Gasteiger partial charge is 0.370 e. The average molecular weight is 391 g/mol. The van der Waals surface area contributed by atoms with Crippen molar-refractivity contribution in [2.45, 2.75) is 24.9 Å². The molecule has 2 rings (SSSR count). The molecule has 142 valence electrons. The van der Waals surface area contributed by atoms with Gasteiger partial charge in [-0.2, -0.15) is 9.66 Å². The van der Waals surface area contributed by atoms with Gasteiger partial charge in [-0.15, -0.1) is 0 Å². The van der Waals surface area contributed by atoms with Crippen LogP contribution in [0, 0.1) is 0 Å². The number of aromatic nitrogens is 3. The van der Waals surface area contributed by atoms with E-state index in [4.69, 9.17) is 10.9 Å². The molecular weight excluding hydrogens is 374 g/mol. The van der Waals surface area contributed by atoms with Crippen LogP contribution in [0.3, 0.4) is 0 Å². The largest absolute Gasteiger partial charge is 0.481 e. The van der Waals surface area contributed by atoms with E-state index in [0.717, 1.165) is 11.8 Å². The van der Waals surface area contributed by atoms with Crippen molar-refractivity contribution in [2.75, 3.05) is 16.9 Å². The Bertz CT molecular complexity index is 926. The number of hydrogen-bond acceptors (Lipinski definition) is 8. The molecule has 0 atom stereocenters. The van der Waals surface area contributed by atoms with Crippen molar-refractivity contribution in [3.8, 4) is 0 Å². The summed E-state index contributed by atoms with van der Waals surface area (Å²) < 4.78 is 0.684. The maximum absolute atomic E-state index is 12.0. The van der Waals surface area contributed by atoms with Crippen LogP contribution in [0.1, 0.15) is 29.5 Å². The minimum Gasteiger partial charge on any atom is -0.481 e. The van der Waals surface area contributed by atoms with Gasteiger partial charge in [-0.25, -0.2) is 9.78 Å². The fraction of sp³-hybridized carbons (Fsp3) is 0.250. The highest BCUT2D eigenvalue weighted by Crippen LogP contribution is 2.14. The van der Waals surface area contributed by atoms with Gasteiger partial charge in [0, 0.05) is 17.7 Å². The lowest BCUT2D eigenvalue weighted by atomic mass is 10.1. The van der Waals surface area contributed by atoms with Crippen molar-refractivity contribution in [2.24, 2.45) is 0 Å². The zero-order valence-electron chi connectivity index (χ0n) is 14.3. The average Bonchev–Trinajstić information content (AvgIpc) is 2.61. The summed E-state index contributed by atoms with van der Waals surface area (Å²) in [5.74, 6) is 4.02. The molecule has 1 heterocycles. The second kappa shape index (κ2) is 8.94. The standard InChI is InChI=1S/C16H17N5O5S/c1-9(22)10-2-4-11(5-3-10)18-13(23)8-27-15-19-12(6-7-14(24)25)21(17)16(26)20-15/h2-5H,6-8,17H2,1H3,(H,18,23)(H,24,25). The molecular formula is C16H17N5O5S. The van der Waals surface area contributed by atoms with Crippen LogP contribution in [0.4, 0.5) is 5.69 Å². The summed E-state index contributed by atoms with van der Waals surface area (Å²) >= 11 is 0.922. The minimum absolute atomic E-state index is 0.0316. The first-order valence-electron chi connectivity index (χ1n) is 7.76. The monoisotopic (exact) mass is 391 g/mol. The van der Waals surface area contributed by atoms with E-state index >= 15 is 0 Å². The minimum atomic E-state index is -1.05. The number of aryl methyl sites for hydroxylation is 1. The summed E-state index contributed by atoms with van der Waals surface area (Å²) in [6.45, 7) is 1.45. The van der Waals surface area contributed by atoms with Crippen molar-refractivity contribution in [3.05, 3.63) is 46.1 Å². The number of carbonyl (C=O) groups excluding carboxylic acids is 2. The third kappa shape index (κ3) is 5.92. The summed E-state index contributed by atoms with van der Waals surface area (Å²) in [5.41, 5.74) is 0.270. The van der Waals surface area contributed by atoms with Gasteiger partial charge < -0.3 is 16.3 Å². The van der Waals surface area contributed by atoms with Crippen LogP contribution in [-0.2, 0) is 16.0 Å². The molecule has 2 aromatic rings. The molecule has 0 spiro atoms. The molecule has 0 radical (unpaired) electrons. The van der Waals surface area contributed by atoms with E-state index in [0.29, 0.717) is 15.9 Å². The molecule has 1 aromatic carbocycles. The van der Waals surface area contributed by atoms with Crippen molar-refractivity contribution in [3.63, 3.8) is 0 Å². The van der Waals surface area contributed by atoms with Crippen molar-refractivity contribution < 1.29 is 19.5 Å². The zero-order chi connectivity index (χ0) is 20.0. The van der Waals surface area contributed by atoms with Crippen molar-refractivity contribution in [1.82, 2.24) is 14.6 Å². The van der Waals surface area contributed by atoms with Crippen LogP contribution in [0.25, 0.3) is 0 Å². The van der Waals surface area contributed by atoms with E-state index in [1.165, 1.54) is 6.92 Å². The van der Waals surface area contributed by atoms with Gasteiger partial charge in [0.25, 0.3) is 0 Å². The van der Waals surface area contributed by atoms with Gasteiger partial charge in [-0.1, -0.05) is 11.8 Å². The number of Topliss-reactive ketones (excluding diaryl/α,β-unsaturated/α-hetero) is 1. The van der Waals surface area contributed by atoms with Gasteiger partial charge in [0.05, 0.1) is 12.2 Å². The SMILES string of the molecule is CC(=O)c1ccc(NC(=O)CSc2nc(CCC(=O)O)n(N)c(=O)n2)cc1. The summed E-state index contributed by atoms with van der Waals surface area (Å²) in [7, 11) is 0. The lowest BCUT2D eigenvalue weighted by molar-refractivity contribution is -0.137. The Labute approximate surface area is 157 Å². The first-order valence-corrected chi connectivity index (χ1v) is 8.75. The second-order valence-corrected chi connectivity index (χ2v) is 6.38. The summed E-state index contributed by atoms with van der Waals surface area (Å²) in [6, 6.07) is 6.42. The third-order valence-electron chi connectivity index (χ3n) is 3.37. The van der Waals surface area contributed by atoms with Gasteiger partial charge >= 0.3 is 11.7 Å². The number of nitrogens with two attached hydrogens (primary N) is 1. The Hall–Kier alpha value is -3.21. The predicted octanol–water partition coefficient (Wildman–Crippen LogP) is 0.303. The number of aliphatic carboxylic acids is 1. The number of carbonyl (C=O) groups is 3. The molecule has 27 heavy (non-hydrogen) atoms. The number of anilines is 1. The van der Waals surface area contributed by atoms with Crippen LogP contribution in [0.2, 0.25) is 0 Å². The Morgan fingerprint density at radius 1 is 1.22 bits per heavy atom. The van der Waals surface area contributed by atoms with E-state index in [1.807, 2.05) is 0 Å². The molecule has 4 N–H and O–H groups in total. The zero-order valence-corrected chi connectivity index (χ0v) is 15.2. The predicted molar refractivity (Wildman–Crippen MR) is 98.2 cm³/mol.